The second-order valence-electron chi connectivity index (χ2n) is 7.32. The van der Waals surface area contributed by atoms with Gasteiger partial charge in [-0.05, 0) is 55.2 Å². The van der Waals surface area contributed by atoms with E-state index in [2.05, 4.69) is 10.6 Å². The lowest BCUT2D eigenvalue weighted by atomic mass is 10.0. The first-order chi connectivity index (χ1) is 14.0. The maximum absolute atomic E-state index is 13.2. The third-order valence-corrected chi connectivity index (χ3v) is 5.56. The van der Waals surface area contributed by atoms with Gasteiger partial charge in [-0.3, -0.25) is 4.79 Å². The van der Waals surface area contributed by atoms with Crippen molar-refractivity contribution in [2.24, 2.45) is 0 Å². The van der Waals surface area contributed by atoms with Crippen LogP contribution in [0.15, 0.2) is 42.5 Å². The van der Waals surface area contributed by atoms with Crippen LogP contribution in [0.25, 0.3) is 0 Å². The number of carbonyl (C=O) groups is 2. The summed E-state index contributed by atoms with van der Waals surface area (Å²) in [5.74, 6) is 0.643. The smallest absolute Gasteiger partial charge is 0.322 e. The third kappa shape index (κ3) is 4.70. The van der Waals surface area contributed by atoms with Gasteiger partial charge in [-0.2, -0.15) is 0 Å². The van der Waals surface area contributed by atoms with Crippen molar-refractivity contribution in [2.45, 2.75) is 38.6 Å². The fraction of sp³-hybridized carbons (Fsp3) is 0.391. The van der Waals surface area contributed by atoms with Crippen LogP contribution < -0.4 is 15.4 Å². The normalized spacial score (nSPS) is 16.7. The number of hydrogen-bond donors (Lipinski definition) is 2. The van der Waals surface area contributed by atoms with Crippen LogP contribution in [0.2, 0.25) is 0 Å². The molecule has 1 aliphatic rings. The summed E-state index contributed by atoms with van der Waals surface area (Å²) >= 11 is 0. The molecule has 1 saturated heterocycles. The molecule has 0 saturated carbocycles. The van der Waals surface area contributed by atoms with Gasteiger partial charge >= 0.3 is 6.03 Å². The van der Waals surface area contributed by atoms with Crippen LogP contribution in [0.4, 0.5) is 10.5 Å². The topological polar surface area (TPSA) is 70.7 Å². The lowest BCUT2D eigenvalue weighted by Crippen LogP contribution is -2.38. The zero-order valence-corrected chi connectivity index (χ0v) is 17.3. The summed E-state index contributed by atoms with van der Waals surface area (Å²) in [5, 5.41) is 5.67. The number of ether oxygens (including phenoxy) is 1. The van der Waals surface area contributed by atoms with Gasteiger partial charge in [0.15, 0.2) is 0 Å². The molecule has 0 aliphatic carbocycles. The van der Waals surface area contributed by atoms with Crippen LogP contribution in [0.5, 0.6) is 5.75 Å². The van der Waals surface area contributed by atoms with Crippen molar-refractivity contribution in [1.82, 2.24) is 10.2 Å². The molecule has 1 fully saturated rings. The highest BCUT2D eigenvalue weighted by Crippen LogP contribution is 2.32. The summed E-state index contributed by atoms with van der Waals surface area (Å²) in [7, 11) is 3.25. The molecule has 2 aromatic rings. The molecule has 1 aliphatic heterocycles. The average Bonchev–Trinajstić information content (AvgIpc) is 3.01. The Morgan fingerprint density at radius 1 is 1.07 bits per heavy atom. The van der Waals surface area contributed by atoms with Crippen LogP contribution in [0, 0.1) is 6.92 Å². The van der Waals surface area contributed by atoms with Crippen LogP contribution in [0.1, 0.15) is 53.2 Å². The Morgan fingerprint density at radius 3 is 2.52 bits per heavy atom. The number of methoxy groups -OCH3 is 1. The van der Waals surface area contributed by atoms with E-state index in [0.29, 0.717) is 17.8 Å². The van der Waals surface area contributed by atoms with Crippen LogP contribution in [-0.2, 0) is 0 Å². The maximum Gasteiger partial charge on any atom is 0.322 e. The van der Waals surface area contributed by atoms with Crippen molar-refractivity contribution in [3.8, 4) is 5.75 Å². The van der Waals surface area contributed by atoms with Gasteiger partial charge in [0.2, 0.25) is 0 Å². The minimum Gasteiger partial charge on any atom is -0.497 e. The number of nitrogens with zero attached hydrogens (tertiary/aromatic N) is 1. The summed E-state index contributed by atoms with van der Waals surface area (Å²) in [6.45, 7) is 2.56. The molecule has 6 heteroatoms. The van der Waals surface area contributed by atoms with Crippen molar-refractivity contribution >= 4 is 17.6 Å². The van der Waals surface area contributed by atoms with Crippen molar-refractivity contribution in [2.75, 3.05) is 26.0 Å². The molecule has 1 atom stereocenters. The lowest BCUT2D eigenvalue weighted by Gasteiger charge is -2.31. The minimum atomic E-state index is -0.163. The molecular weight excluding hydrogens is 366 g/mol. The number of benzene rings is 2. The summed E-state index contributed by atoms with van der Waals surface area (Å²) in [5.41, 5.74) is 3.09. The first-order valence-electron chi connectivity index (χ1n) is 10.1. The molecule has 3 amide bonds. The monoisotopic (exact) mass is 395 g/mol. The predicted octanol–water partition coefficient (Wildman–Crippen LogP) is 4.51. The molecule has 6 nitrogen and oxygen atoms in total. The molecule has 0 aromatic heterocycles. The molecule has 2 aromatic carbocycles. The van der Waals surface area contributed by atoms with E-state index in [1.54, 1.807) is 26.3 Å². The minimum absolute atomic E-state index is 0.0193. The molecule has 3 rings (SSSR count). The Bertz CT molecular complexity index is 864. The van der Waals surface area contributed by atoms with Gasteiger partial charge in [-0.15, -0.1) is 0 Å². The molecule has 29 heavy (non-hydrogen) atoms. The second kappa shape index (κ2) is 9.45. The first kappa shape index (κ1) is 20.7. The molecule has 2 N–H and O–H groups in total. The molecule has 0 radical (unpaired) electrons. The first-order valence-corrected chi connectivity index (χ1v) is 10.1. The molecule has 1 heterocycles. The molecule has 154 valence electrons. The number of rotatable bonds is 4. The fourth-order valence-electron chi connectivity index (χ4n) is 3.86. The number of carbonyl (C=O) groups excluding carboxylic acids is 2. The van der Waals surface area contributed by atoms with Gasteiger partial charge < -0.3 is 20.3 Å². The zero-order chi connectivity index (χ0) is 20.8. The van der Waals surface area contributed by atoms with E-state index in [1.807, 2.05) is 42.2 Å². The van der Waals surface area contributed by atoms with Gasteiger partial charge in [-0.25, -0.2) is 4.79 Å². The molecule has 1 unspecified atom stereocenters. The number of amides is 3. The number of likely N-dealkylation sites (tertiary alicyclic amines) is 1. The maximum atomic E-state index is 13.2. The van der Waals surface area contributed by atoms with Gasteiger partial charge in [-0.1, -0.05) is 31.0 Å². The average molecular weight is 396 g/mol. The van der Waals surface area contributed by atoms with Gasteiger partial charge in [0.1, 0.15) is 5.75 Å². The van der Waals surface area contributed by atoms with E-state index in [-0.39, 0.29) is 18.0 Å². The Morgan fingerprint density at radius 2 is 1.83 bits per heavy atom. The van der Waals surface area contributed by atoms with E-state index in [0.717, 1.165) is 42.6 Å². The van der Waals surface area contributed by atoms with Gasteiger partial charge in [0, 0.05) is 24.8 Å². The highest BCUT2D eigenvalue weighted by Gasteiger charge is 2.27. The summed E-state index contributed by atoms with van der Waals surface area (Å²) in [6, 6.07) is 13.2. The van der Waals surface area contributed by atoms with Crippen molar-refractivity contribution < 1.29 is 14.3 Å². The Balaban J connectivity index is 1.84. The van der Waals surface area contributed by atoms with Crippen LogP contribution >= 0.6 is 0 Å². The predicted molar refractivity (Wildman–Crippen MR) is 114 cm³/mol. The highest BCUT2D eigenvalue weighted by atomic mass is 16.5. The van der Waals surface area contributed by atoms with Gasteiger partial charge in [0.25, 0.3) is 5.91 Å². The number of urea groups is 1. The lowest BCUT2D eigenvalue weighted by molar-refractivity contribution is 0.0962. The summed E-state index contributed by atoms with van der Waals surface area (Å²) < 4.78 is 5.26. The van der Waals surface area contributed by atoms with Gasteiger partial charge in [0.05, 0.1) is 13.2 Å². The SMILES string of the molecule is CNC(=O)c1cccc(NC(=O)N2CCCCCC2c2ccc(OC)cc2)c1C. The van der Waals surface area contributed by atoms with E-state index < -0.39 is 0 Å². The molecule has 0 bridgehead atoms. The number of anilines is 1. The standard InChI is InChI=1S/C23H29N3O3/c1-16-19(22(27)24-2)8-7-9-20(16)25-23(28)26-15-6-4-5-10-21(26)17-11-13-18(29-3)14-12-17/h7-9,11-14,21H,4-6,10,15H2,1-3H3,(H,24,27)(H,25,28). The van der Waals surface area contributed by atoms with Crippen molar-refractivity contribution in [3.05, 3.63) is 59.2 Å². The van der Waals surface area contributed by atoms with E-state index in [1.165, 1.54) is 0 Å². The zero-order valence-electron chi connectivity index (χ0n) is 17.3. The highest BCUT2D eigenvalue weighted by molar-refractivity contribution is 5.99. The fourth-order valence-corrected chi connectivity index (χ4v) is 3.86. The molecule has 0 spiro atoms. The quantitative estimate of drug-likeness (QED) is 0.800. The Hall–Kier alpha value is -3.02. The van der Waals surface area contributed by atoms with Crippen molar-refractivity contribution in [1.29, 1.82) is 0 Å². The third-order valence-electron chi connectivity index (χ3n) is 5.56. The summed E-state index contributed by atoms with van der Waals surface area (Å²) in [6.07, 6.45) is 4.11. The Labute approximate surface area is 172 Å². The largest absolute Gasteiger partial charge is 0.497 e. The Kier molecular flexibility index (Phi) is 6.75. The van der Waals surface area contributed by atoms with Crippen LogP contribution in [-0.4, -0.2) is 37.5 Å². The molecular formula is C23H29N3O3. The summed E-state index contributed by atoms with van der Waals surface area (Å²) in [4.78, 5) is 27.2. The van der Waals surface area contributed by atoms with E-state index >= 15 is 0 Å². The van der Waals surface area contributed by atoms with Crippen LogP contribution in [0.3, 0.4) is 0 Å². The van der Waals surface area contributed by atoms with E-state index in [9.17, 15) is 9.59 Å². The number of nitrogens with one attached hydrogen (secondary N) is 2. The number of hydrogen-bond acceptors (Lipinski definition) is 3. The second-order valence-corrected chi connectivity index (χ2v) is 7.32. The van der Waals surface area contributed by atoms with E-state index in [4.69, 9.17) is 4.74 Å². The van der Waals surface area contributed by atoms with Crippen molar-refractivity contribution in [3.63, 3.8) is 0 Å².